The van der Waals surface area contributed by atoms with Crippen LogP contribution in [0, 0.1) is 10.1 Å². The highest BCUT2D eigenvalue weighted by atomic mass is 35.5. The van der Waals surface area contributed by atoms with Crippen LogP contribution in [-0.4, -0.2) is 23.5 Å². The van der Waals surface area contributed by atoms with Crippen molar-refractivity contribution in [1.82, 2.24) is 0 Å². The minimum absolute atomic E-state index is 0.0141. The Balaban J connectivity index is 1.59. The molecule has 3 aromatic carbocycles. The largest absolute Gasteiger partial charge is 0.467 e. The Kier molecular flexibility index (Phi) is 6.60. The summed E-state index contributed by atoms with van der Waals surface area (Å²) in [4.78, 5) is 36.4. The first-order chi connectivity index (χ1) is 15.8. The zero-order chi connectivity index (χ0) is 23.5. The average Bonchev–Trinajstić information content (AvgIpc) is 2.82. The highest BCUT2D eigenvalue weighted by molar-refractivity contribution is 6.33. The minimum Gasteiger partial charge on any atom is -0.467 e. The van der Waals surface area contributed by atoms with Gasteiger partial charge < -0.3 is 14.2 Å². The van der Waals surface area contributed by atoms with E-state index in [-0.39, 0.29) is 35.1 Å². The van der Waals surface area contributed by atoms with Crippen molar-refractivity contribution < 1.29 is 28.7 Å². The SMILES string of the molecule is O=C(OCc1cc(Cl)cc2c1OCOC2)c1ccccc1C(=O)c1ccc(Cl)c([N+](=O)[O-])c1. The molecule has 0 atom stereocenters. The maximum atomic E-state index is 13.0. The normalized spacial score (nSPS) is 12.4. The summed E-state index contributed by atoms with van der Waals surface area (Å²) < 4.78 is 16.2. The van der Waals surface area contributed by atoms with Crippen LogP contribution in [0.5, 0.6) is 5.75 Å². The zero-order valence-electron chi connectivity index (χ0n) is 16.9. The molecule has 0 N–H and O–H groups in total. The van der Waals surface area contributed by atoms with Gasteiger partial charge in [-0.3, -0.25) is 14.9 Å². The van der Waals surface area contributed by atoms with Crippen molar-refractivity contribution in [2.75, 3.05) is 6.79 Å². The highest BCUT2D eigenvalue weighted by Crippen LogP contribution is 2.32. The van der Waals surface area contributed by atoms with E-state index in [0.717, 1.165) is 11.6 Å². The van der Waals surface area contributed by atoms with E-state index in [2.05, 4.69) is 0 Å². The molecule has 0 saturated heterocycles. The third-order valence-corrected chi connectivity index (χ3v) is 5.44. The van der Waals surface area contributed by atoms with E-state index in [1.54, 1.807) is 24.3 Å². The second-order valence-corrected chi connectivity index (χ2v) is 7.88. The Morgan fingerprint density at radius 2 is 1.82 bits per heavy atom. The number of hydrogen-bond donors (Lipinski definition) is 0. The number of benzene rings is 3. The fourth-order valence-electron chi connectivity index (χ4n) is 3.39. The van der Waals surface area contributed by atoms with E-state index in [1.807, 2.05) is 0 Å². The topological polar surface area (TPSA) is 105 Å². The number of carbonyl (C=O) groups is 2. The van der Waals surface area contributed by atoms with Crippen LogP contribution in [-0.2, 0) is 22.7 Å². The Morgan fingerprint density at radius 1 is 1.06 bits per heavy atom. The summed E-state index contributed by atoms with van der Waals surface area (Å²) in [5.74, 6) is -0.789. The Labute approximate surface area is 197 Å². The van der Waals surface area contributed by atoms with E-state index < -0.39 is 22.4 Å². The summed E-state index contributed by atoms with van der Waals surface area (Å²) >= 11 is 12.0. The van der Waals surface area contributed by atoms with Gasteiger partial charge in [-0.05, 0) is 30.3 Å². The number of rotatable bonds is 6. The molecule has 1 aliphatic heterocycles. The van der Waals surface area contributed by atoms with Gasteiger partial charge in [-0.2, -0.15) is 0 Å². The van der Waals surface area contributed by atoms with Crippen molar-refractivity contribution in [2.24, 2.45) is 0 Å². The average molecular weight is 488 g/mol. The second-order valence-electron chi connectivity index (χ2n) is 7.04. The molecule has 1 aliphatic rings. The lowest BCUT2D eigenvalue weighted by Crippen LogP contribution is -2.15. The highest BCUT2D eigenvalue weighted by Gasteiger charge is 2.23. The lowest BCUT2D eigenvalue weighted by molar-refractivity contribution is -0.384. The summed E-state index contributed by atoms with van der Waals surface area (Å²) in [6, 6.07) is 13.1. The van der Waals surface area contributed by atoms with Gasteiger partial charge in [0.05, 0.1) is 17.1 Å². The van der Waals surface area contributed by atoms with Gasteiger partial charge in [0.2, 0.25) is 0 Å². The van der Waals surface area contributed by atoms with Gasteiger partial charge in [-0.15, -0.1) is 0 Å². The molecule has 3 aromatic rings. The standard InChI is InChI=1S/C23H15Cl2NO7/c24-16-7-14-10-31-12-33-22(14)15(8-16)11-32-23(28)18-4-2-1-3-17(18)21(27)13-5-6-19(25)20(9-13)26(29)30/h1-9H,10-12H2. The number of hydrogen-bond acceptors (Lipinski definition) is 7. The molecular formula is C23H15Cl2NO7. The number of esters is 1. The van der Waals surface area contributed by atoms with E-state index in [1.165, 1.54) is 24.3 Å². The number of ether oxygens (including phenoxy) is 3. The van der Waals surface area contributed by atoms with E-state index in [0.29, 0.717) is 22.9 Å². The third-order valence-electron chi connectivity index (χ3n) is 4.91. The van der Waals surface area contributed by atoms with Gasteiger partial charge in [-0.25, -0.2) is 4.79 Å². The third kappa shape index (κ3) is 4.83. The number of halogens is 2. The molecule has 10 heteroatoms. The van der Waals surface area contributed by atoms with Crippen molar-refractivity contribution >= 4 is 40.6 Å². The summed E-state index contributed by atoms with van der Waals surface area (Å²) in [5.41, 5.74) is 0.962. The number of nitro groups is 1. The lowest BCUT2D eigenvalue weighted by Gasteiger charge is -2.21. The minimum atomic E-state index is -0.747. The summed E-state index contributed by atoms with van der Waals surface area (Å²) in [7, 11) is 0. The van der Waals surface area contributed by atoms with Crippen LogP contribution in [0.1, 0.15) is 37.4 Å². The van der Waals surface area contributed by atoms with Gasteiger partial charge in [0.1, 0.15) is 17.4 Å². The van der Waals surface area contributed by atoms with Gasteiger partial charge in [0, 0.05) is 33.3 Å². The number of nitro benzene ring substituents is 1. The number of ketones is 1. The lowest BCUT2D eigenvalue weighted by atomic mass is 9.98. The molecule has 0 fully saturated rings. The molecule has 0 aromatic heterocycles. The number of fused-ring (bicyclic) bond motifs is 1. The molecule has 0 aliphatic carbocycles. The number of carbonyl (C=O) groups excluding carboxylic acids is 2. The molecule has 0 saturated carbocycles. The van der Waals surface area contributed by atoms with E-state index >= 15 is 0 Å². The molecular weight excluding hydrogens is 473 g/mol. The van der Waals surface area contributed by atoms with Crippen molar-refractivity contribution in [2.45, 2.75) is 13.2 Å². The molecule has 0 spiro atoms. The van der Waals surface area contributed by atoms with Crippen LogP contribution in [0.3, 0.4) is 0 Å². The maximum Gasteiger partial charge on any atom is 0.339 e. The molecule has 1 heterocycles. The molecule has 33 heavy (non-hydrogen) atoms. The molecule has 0 radical (unpaired) electrons. The fraction of sp³-hybridized carbons (Fsp3) is 0.130. The molecule has 168 valence electrons. The second kappa shape index (κ2) is 9.58. The predicted molar refractivity (Wildman–Crippen MR) is 119 cm³/mol. The van der Waals surface area contributed by atoms with Crippen molar-refractivity contribution in [1.29, 1.82) is 0 Å². The van der Waals surface area contributed by atoms with E-state index in [4.69, 9.17) is 37.4 Å². The fourth-order valence-corrected chi connectivity index (χ4v) is 3.84. The quantitative estimate of drug-likeness (QED) is 0.199. The Hall–Kier alpha value is -3.46. The van der Waals surface area contributed by atoms with E-state index in [9.17, 15) is 19.7 Å². The van der Waals surface area contributed by atoms with Crippen molar-refractivity contribution in [3.8, 4) is 5.75 Å². The number of nitrogens with zero attached hydrogens (tertiary/aromatic N) is 1. The first-order valence-electron chi connectivity index (χ1n) is 9.62. The van der Waals surface area contributed by atoms with Gasteiger partial charge in [0.15, 0.2) is 12.6 Å². The van der Waals surface area contributed by atoms with Gasteiger partial charge in [-0.1, -0.05) is 41.4 Å². The first-order valence-corrected chi connectivity index (χ1v) is 10.4. The van der Waals surface area contributed by atoms with Crippen LogP contribution in [0.25, 0.3) is 0 Å². The van der Waals surface area contributed by atoms with Crippen LogP contribution in [0.15, 0.2) is 54.6 Å². The summed E-state index contributed by atoms with van der Waals surface area (Å²) in [6.45, 7) is 0.248. The zero-order valence-corrected chi connectivity index (χ0v) is 18.4. The smallest absolute Gasteiger partial charge is 0.339 e. The maximum absolute atomic E-state index is 13.0. The Bertz CT molecular complexity index is 1280. The van der Waals surface area contributed by atoms with Crippen LogP contribution < -0.4 is 4.74 Å². The predicted octanol–water partition coefficient (Wildman–Crippen LogP) is 5.36. The van der Waals surface area contributed by atoms with Crippen molar-refractivity contribution in [3.63, 3.8) is 0 Å². The van der Waals surface area contributed by atoms with Gasteiger partial charge in [0.25, 0.3) is 5.69 Å². The van der Waals surface area contributed by atoms with Gasteiger partial charge >= 0.3 is 5.97 Å². The summed E-state index contributed by atoms with van der Waals surface area (Å²) in [6.07, 6.45) is 0. The molecule has 8 nitrogen and oxygen atoms in total. The van der Waals surface area contributed by atoms with Crippen LogP contribution >= 0.6 is 23.2 Å². The summed E-state index contributed by atoms with van der Waals surface area (Å²) in [5, 5.41) is 11.5. The van der Waals surface area contributed by atoms with Crippen LogP contribution in [0.2, 0.25) is 10.0 Å². The monoisotopic (exact) mass is 487 g/mol. The van der Waals surface area contributed by atoms with Crippen LogP contribution in [0.4, 0.5) is 5.69 Å². The van der Waals surface area contributed by atoms with Crippen molar-refractivity contribution in [3.05, 3.63) is 103 Å². The first kappa shape index (κ1) is 22.7. The molecule has 0 bridgehead atoms. The Morgan fingerprint density at radius 3 is 2.58 bits per heavy atom. The molecule has 0 unspecified atom stereocenters. The molecule has 0 amide bonds. The molecule has 4 rings (SSSR count).